The Kier molecular flexibility index (Phi) is 11.7. The summed E-state index contributed by atoms with van der Waals surface area (Å²) in [4.78, 5) is 13.0. The van der Waals surface area contributed by atoms with Crippen LogP contribution in [0.25, 0.3) is 0 Å². The van der Waals surface area contributed by atoms with Gasteiger partial charge in [0.25, 0.3) is 21.8 Å². The van der Waals surface area contributed by atoms with Crippen LogP contribution >= 0.6 is 22.9 Å². The molecular formula is C33H43ClN4O4S2. The van der Waals surface area contributed by atoms with Gasteiger partial charge in [0.15, 0.2) is 0 Å². The summed E-state index contributed by atoms with van der Waals surface area (Å²) < 4.78 is 33.0. The second-order valence-electron chi connectivity index (χ2n) is 12.1. The lowest BCUT2D eigenvalue weighted by atomic mass is 9.96. The number of aryl methyl sites for hydroxylation is 5. The Hall–Kier alpha value is -3.34. The van der Waals surface area contributed by atoms with Crippen molar-refractivity contribution >= 4 is 56.1 Å². The molecule has 2 aromatic carbocycles. The first kappa shape index (κ1) is 35.1. The largest absolute Gasteiger partial charge is 0.398 e. The second-order valence-corrected chi connectivity index (χ2v) is 15.0. The lowest BCUT2D eigenvalue weighted by Crippen LogP contribution is -2.19. The number of nitrogen functional groups attached to an aromatic ring is 1. The van der Waals surface area contributed by atoms with Crippen molar-refractivity contribution in [1.29, 1.82) is 0 Å². The second kappa shape index (κ2) is 14.6. The van der Waals surface area contributed by atoms with Crippen LogP contribution in [0.4, 0.5) is 17.3 Å². The first-order valence-corrected chi connectivity index (χ1v) is 17.2. The maximum atomic E-state index is 13.1. The van der Waals surface area contributed by atoms with Crippen molar-refractivity contribution in [3.8, 4) is 0 Å². The van der Waals surface area contributed by atoms with Crippen LogP contribution in [0.5, 0.6) is 0 Å². The fourth-order valence-electron chi connectivity index (χ4n) is 4.95. The number of hydrogen-bond acceptors (Lipinski definition) is 7. The molecule has 44 heavy (non-hydrogen) atoms. The molecule has 0 bridgehead atoms. The highest BCUT2D eigenvalue weighted by atomic mass is 35.5. The Morgan fingerprint density at radius 1 is 0.955 bits per heavy atom. The third-order valence-corrected chi connectivity index (χ3v) is 9.68. The molecule has 1 amide bonds. The molecule has 4 aromatic rings. The van der Waals surface area contributed by atoms with Crippen LogP contribution in [-0.2, 0) is 22.9 Å². The predicted molar refractivity (Wildman–Crippen MR) is 183 cm³/mol. The summed E-state index contributed by atoms with van der Waals surface area (Å²) in [5, 5.41) is 8.17. The number of hydrogen-bond donors (Lipinski definition) is 3. The van der Waals surface area contributed by atoms with Crippen molar-refractivity contribution in [2.45, 2.75) is 80.1 Å². The van der Waals surface area contributed by atoms with E-state index in [-0.39, 0.29) is 20.7 Å². The highest BCUT2D eigenvalue weighted by molar-refractivity contribution is 7.93. The number of sulfonamides is 1. The molecule has 8 nitrogen and oxygen atoms in total. The van der Waals surface area contributed by atoms with E-state index in [1.54, 1.807) is 12.3 Å². The number of benzene rings is 2. The van der Waals surface area contributed by atoms with Crippen LogP contribution in [0.2, 0.25) is 5.02 Å². The number of carbonyl (C=O) groups is 1. The van der Waals surface area contributed by atoms with Crippen molar-refractivity contribution in [3.63, 3.8) is 0 Å². The quantitative estimate of drug-likeness (QED) is 0.154. The number of thiophene rings is 1. The van der Waals surface area contributed by atoms with Crippen LogP contribution in [0.15, 0.2) is 45.1 Å². The lowest BCUT2D eigenvalue weighted by Gasteiger charge is -2.17. The van der Waals surface area contributed by atoms with E-state index in [1.807, 2.05) is 26.0 Å². The Bertz CT molecular complexity index is 1740. The van der Waals surface area contributed by atoms with Gasteiger partial charge in [-0.15, -0.1) is 11.3 Å². The smallest absolute Gasteiger partial charge is 0.267 e. The number of rotatable bonds is 9. The Morgan fingerprint density at radius 2 is 1.52 bits per heavy atom. The van der Waals surface area contributed by atoms with E-state index < -0.39 is 15.9 Å². The van der Waals surface area contributed by atoms with Crippen LogP contribution in [-0.4, -0.2) is 19.5 Å². The third-order valence-electron chi connectivity index (χ3n) is 6.82. The summed E-state index contributed by atoms with van der Waals surface area (Å²) in [7, 11) is -4.11. The zero-order valence-corrected chi connectivity index (χ0v) is 29.3. The number of carbonyl (C=O) groups excluding carboxylic acids is 1. The molecule has 0 aliphatic carbocycles. The zero-order valence-electron chi connectivity index (χ0n) is 26.9. The van der Waals surface area contributed by atoms with E-state index >= 15 is 0 Å². The van der Waals surface area contributed by atoms with Crippen LogP contribution in [0.3, 0.4) is 0 Å². The molecule has 11 heteroatoms. The fourth-order valence-corrected chi connectivity index (χ4v) is 7.45. The van der Waals surface area contributed by atoms with Gasteiger partial charge in [-0.25, -0.2) is 13.1 Å². The number of nitrogens with zero attached hydrogens (tertiary/aromatic N) is 1. The molecule has 0 spiro atoms. The lowest BCUT2D eigenvalue weighted by molar-refractivity contribution is 0.102. The molecule has 0 aliphatic rings. The maximum absolute atomic E-state index is 13.1. The number of anilines is 3. The summed E-state index contributed by atoms with van der Waals surface area (Å²) in [6.07, 6.45) is 1.87. The maximum Gasteiger partial charge on any atom is 0.267 e. The van der Waals surface area contributed by atoms with Gasteiger partial charge in [0.05, 0.1) is 0 Å². The van der Waals surface area contributed by atoms with E-state index in [4.69, 9.17) is 21.9 Å². The van der Waals surface area contributed by atoms with Gasteiger partial charge in [0, 0.05) is 11.4 Å². The summed E-state index contributed by atoms with van der Waals surface area (Å²) in [5.41, 5.74) is 14.9. The molecule has 2 aromatic heterocycles. The first-order chi connectivity index (χ1) is 20.5. The molecular weight excluding hydrogens is 616 g/mol. The molecule has 0 atom stereocenters. The highest BCUT2D eigenvalue weighted by Gasteiger charge is 2.27. The monoisotopic (exact) mass is 658 g/mol. The van der Waals surface area contributed by atoms with E-state index in [2.05, 4.69) is 68.9 Å². The minimum absolute atomic E-state index is 0.0651. The topological polar surface area (TPSA) is 127 Å². The molecule has 4 N–H and O–H groups in total. The Balaban J connectivity index is 0.000000340. The predicted octanol–water partition coefficient (Wildman–Crippen LogP) is 8.65. The normalized spacial score (nSPS) is 11.5. The Labute approximate surface area is 270 Å². The minimum atomic E-state index is -4.11. The van der Waals surface area contributed by atoms with E-state index in [1.165, 1.54) is 22.8 Å². The van der Waals surface area contributed by atoms with Crippen LogP contribution in [0, 0.1) is 46.5 Å². The van der Waals surface area contributed by atoms with Crippen molar-refractivity contribution in [1.82, 2.24) is 5.16 Å². The van der Waals surface area contributed by atoms with Gasteiger partial charge in [0.1, 0.15) is 20.5 Å². The molecule has 0 unspecified atom stereocenters. The molecule has 0 aliphatic heterocycles. The fraction of sp³-hybridized carbons (Fsp3) is 0.394. The summed E-state index contributed by atoms with van der Waals surface area (Å²) in [6.45, 7) is 18.4. The number of aromatic nitrogens is 1. The van der Waals surface area contributed by atoms with E-state index in [0.717, 1.165) is 46.6 Å². The van der Waals surface area contributed by atoms with Gasteiger partial charge in [-0.05, 0) is 93.0 Å². The van der Waals surface area contributed by atoms with Crippen molar-refractivity contribution < 1.29 is 17.7 Å². The van der Waals surface area contributed by atoms with Crippen molar-refractivity contribution in [2.24, 2.45) is 11.8 Å². The SMILES string of the molecule is Cc1cc(C)c(N)c(CC(C)C)c1.Cc1cc(C)c(NC(=O)c2sccc2S(=O)(=O)Nc2onc(C)c2Cl)c(CC(C)C)c1. The molecule has 0 radical (unpaired) electrons. The van der Waals surface area contributed by atoms with E-state index in [9.17, 15) is 13.2 Å². The van der Waals surface area contributed by atoms with Gasteiger partial charge < -0.3 is 15.6 Å². The third kappa shape index (κ3) is 8.86. The molecule has 0 saturated carbocycles. The summed E-state index contributed by atoms with van der Waals surface area (Å²) in [5.74, 6) is 0.384. The number of amides is 1. The number of nitrogens with two attached hydrogens (primary N) is 1. The minimum Gasteiger partial charge on any atom is -0.398 e. The Morgan fingerprint density at radius 3 is 2.09 bits per heavy atom. The van der Waals surface area contributed by atoms with Crippen LogP contribution < -0.4 is 15.8 Å². The van der Waals surface area contributed by atoms with Gasteiger partial charge in [0.2, 0.25) is 0 Å². The first-order valence-electron chi connectivity index (χ1n) is 14.5. The average molecular weight is 659 g/mol. The van der Waals surface area contributed by atoms with Gasteiger partial charge in [-0.2, -0.15) is 0 Å². The van der Waals surface area contributed by atoms with Crippen LogP contribution in [0.1, 0.15) is 76.4 Å². The zero-order chi connectivity index (χ0) is 32.9. The molecule has 0 saturated heterocycles. The van der Waals surface area contributed by atoms with Gasteiger partial charge in [-0.3, -0.25) is 4.79 Å². The molecule has 238 valence electrons. The summed E-state index contributed by atoms with van der Waals surface area (Å²) in [6, 6.07) is 9.74. The van der Waals surface area contributed by atoms with Gasteiger partial charge >= 0.3 is 0 Å². The molecule has 2 heterocycles. The van der Waals surface area contributed by atoms with E-state index in [0.29, 0.717) is 23.2 Å². The van der Waals surface area contributed by atoms with Crippen molar-refractivity contribution in [2.75, 3.05) is 15.8 Å². The standard InChI is InChI=1S/C21H24ClN3O4S2.C12H19N/c1-11(2)8-15-10-12(3)9-13(4)18(15)23-20(26)19-16(6-7-30-19)31(27,28)25-21-17(22)14(5)24-29-21;1-8(2)5-11-7-9(3)6-10(4)12(11)13/h6-7,9-11,25H,8H2,1-5H3,(H,23,26);6-8H,5,13H2,1-4H3. The number of nitrogens with one attached hydrogen (secondary N) is 2. The average Bonchev–Trinajstić information content (AvgIpc) is 3.52. The number of halogens is 1. The van der Waals surface area contributed by atoms with Crippen molar-refractivity contribution in [3.05, 3.63) is 84.7 Å². The highest BCUT2D eigenvalue weighted by Crippen LogP contribution is 2.31. The molecule has 0 fully saturated rings. The summed E-state index contributed by atoms with van der Waals surface area (Å²) >= 11 is 7.06. The molecule has 4 rings (SSSR count). The van der Waals surface area contributed by atoms with Gasteiger partial charge in [-0.1, -0.05) is 79.8 Å².